The van der Waals surface area contributed by atoms with Gasteiger partial charge in [-0.3, -0.25) is 9.59 Å². The monoisotopic (exact) mass is 176 g/mol. The number of Topliss-reactive ketones (excluding diaryl/α,β-unsaturated/α-hetero) is 1. The summed E-state index contributed by atoms with van der Waals surface area (Å²) in [4.78, 5) is 24.6. The predicted octanol–water partition coefficient (Wildman–Crippen LogP) is 0.758. The first kappa shape index (κ1) is 9.20. The molecule has 1 rings (SSSR count). The number of carbonyl (C=O) groups excluding carboxylic acids is 1. The van der Waals surface area contributed by atoms with Gasteiger partial charge in [-0.25, -0.2) is 0 Å². The van der Waals surface area contributed by atoms with Gasteiger partial charge in [0.1, 0.15) is 11.6 Å². The largest absolute Gasteiger partial charge is 0.325 e. The second-order valence-corrected chi connectivity index (χ2v) is 2.74. The smallest absolute Gasteiger partial charge is 0.266 e. The van der Waals surface area contributed by atoms with Crippen LogP contribution in [0.1, 0.15) is 28.5 Å². The number of nitrogens with one attached hydrogen (secondary N) is 1. The lowest BCUT2D eigenvalue weighted by Crippen LogP contribution is -2.16. The first-order valence-corrected chi connectivity index (χ1v) is 3.71. The summed E-state index contributed by atoms with van der Waals surface area (Å²) in [6, 6.07) is 3.21. The number of aryl methyl sites for hydroxylation is 1. The molecule has 4 heteroatoms. The van der Waals surface area contributed by atoms with Gasteiger partial charge in [-0.1, -0.05) is 0 Å². The maximum absolute atomic E-state index is 11.2. The Kier molecular flexibility index (Phi) is 2.29. The summed E-state index contributed by atoms with van der Waals surface area (Å²) < 4.78 is 0. The van der Waals surface area contributed by atoms with E-state index in [2.05, 4.69) is 4.98 Å². The minimum Gasteiger partial charge on any atom is -0.325 e. The zero-order valence-corrected chi connectivity index (χ0v) is 7.34. The van der Waals surface area contributed by atoms with Gasteiger partial charge in [-0.2, -0.15) is 5.26 Å². The van der Waals surface area contributed by atoms with Gasteiger partial charge in [0.05, 0.1) is 0 Å². The highest BCUT2D eigenvalue weighted by atomic mass is 16.1. The van der Waals surface area contributed by atoms with E-state index in [9.17, 15) is 9.59 Å². The maximum Gasteiger partial charge on any atom is 0.266 e. The molecule has 0 saturated carbocycles. The van der Waals surface area contributed by atoms with Crippen LogP contribution in [-0.2, 0) is 0 Å². The van der Waals surface area contributed by atoms with Gasteiger partial charge in [0.2, 0.25) is 0 Å². The molecule has 66 valence electrons. The molecule has 1 N–H and O–H groups in total. The first-order chi connectivity index (χ1) is 6.06. The van der Waals surface area contributed by atoms with Crippen molar-refractivity contribution in [3.8, 4) is 6.07 Å². The molecule has 0 spiro atoms. The van der Waals surface area contributed by atoms with Gasteiger partial charge in [-0.15, -0.1) is 0 Å². The molecular weight excluding hydrogens is 168 g/mol. The number of carbonyl (C=O) groups is 1. The normalized spacial score (nSPS) is 9.31. The lowest BCUT2D eigenvalue weighted by Gasteiger charge is -1.99. The van der Waals surface area contributed by atoms with Crippen molar-refractivity contribution in [1.29, 1.82) is 5.26 Å². The quantitative estimate of drug-likeness (QED) is 0.642. The van der Waals surface area contributed by atoms with Crippen LogP contribution in [0.2, 0.25) is 0 Å². The van der Waals surface area contributed by atoms with Crippen molar-refractivity contribution in [3.63, 3.8) is 0 Å². The van der Waals surface area contributed by atoms with E-state index in [0.717, 1.165) is 0 Å². The number of aromatic nitrogens is 1. The summed E-state index contributed by atoms with van der Waals surface area (Å²) in [6.07, 6.45) is 0. The number of nitrogens with zero attached hydrogens (tertiary/aromatic N) is 1. The molecule has 0 saturated heterocycles. The minimum absolute atomic E-state index is 0.113. The Balaban J connectivity index is 3.60. The van der Waals surface area contributed by atoms with E-state index in [-0.39, 0.29) is 16.9 Å². The molecular formula is C9H8N2O2. The van der Waals surface area contributed by atoms with Crippen LogP contribution in [-0.4, -0.2) is 10.8 Å². The highest BCUT2D eigenvalue weighted by Crippen LogP contribution is 2.04. The zero-order chi connectivity index (χ0) is 10.0. The zero-order valence-electron chi connectivity index (χ0n) is 7.34. The topological polar surface area (TPSA) is 73.7 Å². The fourth-order valence-corrected chi connectivity index (χ4v) is 1.08. The van der Waals surface area contributed by atoms with Crippen molar-refractivity contribution in [3.05, 3.63) is 33.2 Å². The summed E-state index contributed by atoms with van der Waals surface area (Å²) in [5.74, 6) is -0.272. The third-order valence-corrected chi connectivity index (χ3v) is 1.66. The molecule has 0 fully saturated rings. The summed E-state index contributed by atoms with van der Waals surface area (Å²) in [5.41, 5.74) is 0.142. The number of pyridine rings is 1. The van der Waals surface area contributed by atoms with Crippen molar-refractivity contribution in [2.75, 3.05) is 0 Å². The Morgan fingerprint density at radius 1 is 1.62 bits per heavy atom. The Hall–Kier alpha value is -1.89. The molecule has 1 aromatic heterocycles. The van der Waals surface area contributed by atoms with Gasteiger partial charge in [0.15, 0.2) is 5.78 Å². The van der Waals surface area contributed by atoms with Crippen LogP contribution in [0.5, 0.6) is 0 Å². The number of ketones is 1. The van der Waals surface area contributed by atoms with Crippen LogP contribution in [0.4, 0.5) is 0 Å². The van der Waals surface area contributed by atoms with E-state index < -0.39 is 5.56 Å². The van der Waals surface area contributed by atoms with Crippen LogP contribution < -0.4 is 5.56 Å². The molecule has 0 unspecified atom stereocenters. The van der Waals surface area contributed by atoms with Crippen LogP contribution in [0.15, 0.2) is 10.9 Å². The van der Waals surface area contributed by atoms with Crippen LogP contribution in [0.3, 0.4) is 0 Å². The number of aromatic amines is 1. The molecule has 0 aliphatic heterocycles. The van der Waals surface area contributed by atoms with Gasteiger partial charge in [0.25, 0.3) is 5.56 Å². The minimum atomic E-state index is -0.507. The molecule has 0 atom stereocenters. The summed E-state index contributed by atoms with van der Waals surface area (Å²) in [5, 5.41) is 8.62. The first-order valence-electron chi connectivity index (χ1n) is 3.71. The Morgan fingerprint density at radius 3 is 2.69 bits per heavy atom. The van der Waals surface area contributed by atoms with E-state index >= 15 is 0 Å². The lowest BCUT2D eigenvalue weighted by atomic mass is 10.1. The van der Waals surface area contributed by atoms with E-state index in [1.54, 1.807) is 13.0 Å². The summed E-state index contributed by atoms with van der Waals surface area (Å²) in [7, 11) is 0. The van der Waals surface area contributed by atoms with Crippen molar-refractivity contribution in [2.45, 2.75) is 13.8 Å². The molecule has 0 bridgehead atoms. The molecule has 4 nitrogen and oxygen atoms in total. The second kappa shape index (κ2) is 3.23. The number of rotatable bonds is 1. The average molecular weight is 176 g/mol. The van der Waals surface area contributed by atoms with Gasteiger partial charge < -0.3 is 4.98 Å². The highest BCUT2D eigenvalue weighted by Gasteiger charge is 2.10. The highest BCUT2D eigenvalue weighted by molar-refractivity contribution is 5.96. The number of nitriles is 1. The average Bonchev–Trinajstić information content (AvgIpc) is 2.02. The van der Waals surface area contributed by atoms with E-state index in [4.69, 9.17) is 5.26 Å². The molecule has 0 aromatic carbocycles. The van der Waals surface area contributed by atoms with Crippen LogP contribution in [0, 0.1) is 18.3 Å². The number of hydrogen-bond acceptors (Lipinski definition) is 3. The number of hydrogen-bond donors (Lipinski definition) is 1. The molecule has 1 aromatic rings. The SMILES string of the molecule is CC(=O)c1cc(C)[nH]c(=O)c1C#N. The third-order valence-electron chi connectivity index (χ3n) is 1.66. The van der Waals surface area contributed by atoms with Crippen LogP contribution >= 0.6 is 0 Å². The second-order valence-electron chi connectivity index (χ2n) is 2.74. The van der Waals surface area contributed by atoms with Crippen molar-refractivity contribution in [2.24, 2.45) is 0 Å². The van der Waals surface area contributed by atoms with Crippen molar-refractivity contribution in [1.82, 2.24) is 4.98 Å². The van der Waals surface area contributed by atoms with E-state index in [1.165, 1.54) is 13.0 Å². The molecule has 13 heavy (non-hydrogen) atoms. The molecule has 0 aliphatic rings. The standard InChI is InChI=1S/C9H8N2O2/c1-5-3-7(6(2)12)8(4-10)9(13)11-5/h3H,1-2H3,(H,11,13). The Bertz CT molecular complexity index is 452. The van der Waals surface area contributed by atoms with E-state index in [1.807, 2.05) is 0 Å². The molecule has 0 aliphatic carbocycles. The number of H-pyrrole nitrogens is 1. The summed E-state index contributed by atoms with van der Waals surface area (Å²) in [6.45, 7) is 2.99. The van der Waals surface area contributed by atoms with Crippen molar-refractivity contribution < 1.29 is 4.79 Å². The van der Waals surface area contributed by atoms with Crippen LogP contribution in [0.25, 0.3) is 0 Å². The fourth-order valence-electron chi connectivity index (χ4n) is 1.08. The molecule has 1 heterocycles. The molecule has 0 radical (unpaired) electrons. The predicted molar refractivity (Wildman–Crippen MR) is 46.5 cm³/mol. The summed E-state index contributed by atoms with van der Waals surface area (Å²) >= 11 is 0. The third kappa shape index (κ3) is 1.64. The Labute approximate surface area is 74.8 Å². The van der Waals surface area contributed by atoms with Crippen molar-refractivity contribution >= 4 is 5.78 Å². The Morgan fingerprint density at radius 2 is 2.23 bits per heavy atom. The van der Waals surface area contributed by atoms with Gasteiger partial charge in [-0.05, 0) is 19.9 Å². The van der Waals surface area contributed by atoms with E-state index in [0.29, 0.717) is 5.69 Å². The maximum atomic E-state index is 11.2. The molecule has 0 amide bonds. The van der Waals surface area contributed by atoms with Gasteiger partial charge >= 0.3 is 0 Å². The fraction of sp³-hybridized carbons (Fsp3) is 0.222. The lowest BCUT2D eigenvalue weighted by molar-refractivity contribution is 0.101. The van der Waals surface area contributed by atoms with Gasteiger partial charge in [0, 0.05) is 11.3 Å².